The minimum absolute atomic E-state index is 0.0426. The van der Waals surface area contributed by atoms with Crippen molar-refractivity contribution < 1.29 is 24.0 Å². The van der Waals surface area contributed by atoms with Gasteiger partial charge in [0.1, 0.15) is 11.2 Å². The maximum absolute atomic E-state index is 12.2. The molecule has 8 nitrogen and oxygen atoms in total. The number of esters is 1. The van der Waals surface area contributed by atoms with Gasteiger partial charge in [-0.25, -0.2) is 4.79 Å². The lowest BCUT2D eigenvalue weighted by atomic mass is 10.1. The zero-order chi connectivity index (χ0) is 22.4. The molecule has 29 heavy (non-hydrogen) atoms. The largest absolute Gasteiger partial charge is 0.460 e. The number of non-ortho nitro benzene ring substituents is 1. The van der Waals surface area contributed by atoms with Crippen molar-refractivity contribution in [3.05, 3.63) is 45.5 Å². The van der Waals surface area contributed by atoms with Crippen LogP contribution in [-0.2, 0) is 14.3 Å². The van der Waals surface area contributed by atoms with E-state index in [0.717, 1.165) is 5.56 Å². The van der Waals surface area contributed by atoms with Crippen molar-refractivity contribution in [1.29, 1.82) is 0 Å². The number of nitrogens with zero attached hydrogens (tertiary/aromatic N) is 1. The number of ether oxygens (including phenoxy) is 2. The van der Waals surface area contributed by atoms with Gasteiger partial charge in [0.2, 0.25) is 0 Å². The Morgan fingerprint density at radius 3 is 2.24 bits per heavy atom. The van der Waals surface area contributed by atoms with Gasteiger partial charge in [0, 0.05) is 12.1 Å². The average molecular weight is 406 g/mol. The van der Waals surface area contributed by atoms with E-state index in [1.165, 1.54) is 12.1 Å². The van der Waals surface area contributed by atoms with Crippen molar-refractivity contribution in [2.45, 2.75) is 72.1 Å². The van der Waals surface area contributed by atoms with E-state index in [1.807, 2.05) is 6.92 Å². The molecule has 1 atom stereocenters. The highest BCUT2D eigenvalue weighted by Crippen LogP contribution is 2.19. The van der Waals surface area contributed by atoms with Crippen molar-refractivity contribution in [2.75, 3.05) is 0 Å². The van der Waals surface area contributed by atoms with Crippen molar-refractivity contribution in [3.63, 3.8) is 0 Å². The summed E-state index contributed by atoms with van der Waals surface area (Å²) in [7, 11) is 0. The third kappa shape index (κ3) is 9.73. The van der Waals surface area contributed by atoms with Gasteiger partial charge in [0.25, 0.3) is 5.69 Å². The first-order chi connectivity index (χ1) is 13.2. The van der Waals surface area contributed by atoms with Crippen LogP contribution in [0, 0.1) is 17.0 Å². The summed E-state index contributed by atoms with van der Waals surface area (Å²) in [4.78, 5) is 34.9. The Hall–Kier alpha value is -2.90. The predicted octanol–water partition coefficient (Wildman–Crippen LogP) is 4.54. The molecule has 0 bridgehead atoms. The lowest BCUT2D eigenvalue weighted by molar-refractivity contribution is -0.384. The molecular weight excluding hydrogens is 376 g/mol. The highest BCUT2D eigenvalue weighted by Gasteiger charge is 2.23. The van der Waals surface area contributed by atoms with Gasteiger partial charge >= 0.3 is 12.1 Å². The summed E-state index contributed by atoms with van der Waals surface area (Å²) < 4.78 is 10.6. The number of nitrogens with one attached hydrogen (secondary N) is 1. The fourth-order valence-corrected chi connectivity index (χ4v) is 2.33. The standard InChI is InChI=1S/C21H30N2O6/c1-14-8-11-17(23(26)27)12-15(14)9-10-16(13-18(24)28-20(2,3)4)22-19(25)29-21(5,6)7/h8-12,16H,13H2,1-7H3,(H,22,25)/t16-/m1/s1. The molecule has 1 aromatic carbocycles. The molecule has 0 aromatic heterocycles. The first-order valence-electron chi connectivity index (χ1n) is 9.31. The number of rotatable bonds is 6. The molecule has 0 aliphatic carbocycles. The van der Waals surface area contributed by atoms with E-state index in [9.17, 15) is 19.7 Å². The van der Waals surface area contributed by atoms with E-state index in [4.69, 9.17) is 9.47 Å². The van der Waals surface area contributed by atoms with Gasteiger partial charge in [-0.05, 0) is 59.6 Å². The Morgan fingerprint density at radius 2 is 1.72 bits per heavy atom. The lowest BCUT2D eigenvalue weighted by Crippen LogP contribution is -2.40. The van der Waals surface area contributed by atoms with Crippen LogP contribution >= 0.6 is 0 Å². The van der Waals surface area contributed by atoms with Gasteiger partial charge in [-0.1, -0.05) is 18.2 Å². The number of benzene rings is 1. The van der Waals surface area contributed by atoms with Gasteiger partial charge in [-0.2, -0.15) is 0 Å². The molecule has 1 N–H and O–H groups in total. The number of nitro groups is 1. The number of amides is 1. The normalized spacial score (nSPS) is 13.1. The molecular formula is C21H30N2O6. The number of alkyl carbamates (subject to hydrolysis) is 1. The second kappa shape index (κ2) is 9.54. The monoisotopic (exact) mass is 406 g/mol. The Balaban J connectivity index is 3.05. The van der Waals surface area contributed by atoms with Gasteiger partial charge in [-0.3, -0.25) is 14.9 Å². The summed E-state index contributed by atoms with van der Waals surface area (Å²) in [6.07, 6.45) is 2.45. The second-order valence-corrected chi connectivity index (χ2v) is 8.70. The van der Waals surface area contributed by atoms with Crippen LogP contribution in [0.4, 0.5) is 10.5 Å². The molecule has 0 spiro atoms. The Labute approximate surface area is 171 Å². The molecule has 1 amide bonds. The van der Waals surface area contributed by atoms with E-state index < -0.39 is 34.2 Å². The molecule has 0 heterocycles. The van der Waals surface area contributed by atoms with E-state index >= 15 is 0 Å². The molecule has 0 aliphatic heterocycles. The van der Waals surface area contributed by atoms with Crippen molar-refractivity contribution in [2.24, 2.45) is 0 Å². The first-order valence-corrected chi connectivity index (χ1v) is 9.31. The van der Waals surface area contributed by atoms with Crippen LogP contribution in [-0.4, -0.2) is 34.2 Å². The molecule has 0 unspecified atom stereocenters. The summed E-state index contributed by atoms with van der Waals surface area (Å²) in [5.41, 5.74) is 0.0352. The SMILES string of the molecule is Cc1ccc([N+](=O)[O-])cc1C=C[C@H](CC(=O)OC(C)(C)C)NC(=O)OC(C)(C)C. The Kier molecular flexibility index (Phi) is 7.94. The summed E-state index contributed by atoms with van der Waals surface area (Å²) in [5.74, 6) is -0.487. The van der Waals surface area contributed by atoms with E-state index in [-0.39, 0.29) is 12.1 Å². The summed E-state index contributed by atoms with van der Waals surface area (Å²) in [6, 6.07) is 3.79. The zero-order valence-electron chi connectivity index (χ0n) is 18.1. The minimum Gasteiger partial charge on any atom is -0.460 e. The van der Waals surface area contributed by atoms with Gasteiger partial charge in [-0.15, -0.1) is 0 Å². The van der Waals surface area contributed by atoms with Crippen molar-refractivity contribution in [1.82, 2.24) is 5.32 Å². The zero-order valence-corrected chi connectivity index (χ0v) is 18.1. The average Bonchev–Trinajstić information content (AvgIpc) is 2.49. The fourth-order valence-electron chi connectivity index (χ4n) is 2.33. The van der Waals surface area contributed by atoms with Gasteiger partial charge in [0.05, 0.1) is 17.4 Å². The van der Waals surface area contributed by atoms with Crippen LogP contribution in [0.5, 0.6) is 0 Å². The molecule has 0 saturated carbocycles. The summed E-state index contributed by atoms with van der Waals surface area (Å²) >= 11 is 0. The molecule has 1 aromatic rings. The van der Waals surface area contributed by atoms with E-state index in [0.29, 0.717) is 5.56 Å². The number of nitro benzene ring substituents is 1. The minimum atomic E-state index is -0.710. The molecule has 160 valence electrons. The number of aryl methyl sites for hydroxylation is 1. The number of carbonyl (C=O) groups excluding carboxylic acids is 2. The van der Waals surface area contributed by atoms with Crippen LogP contribution in [0.25, 0.3) is 6.08 Å². The lowest BCUT2D eigenvalue weighted by Gasteiger charge is -2.24. The molecule has 0 fully saturated rings. The number of hydrogen-bond acceptors (Lipinski definition) is 6. The molecule has 0 aliphatic rings. The summed E-state index contributed by atoms with van der Waals surface area (Å²) in [6.45, 7) is 12.3. The third-order valence-corrected chi connectivity index (χ3v) is 3.49. The van der Waals surface area contributed by atoms with Crippen LogP contribution in [0.1, 0.15) is 59.1 Å². The highest BCUT2D eigenvalue weighted by atomic mass is 16.6. The van der Waals surface area contributed by atoms with E-state index in [2.05, 4.69) is 5.32 Å². The molecule has 0 saturated heterocycles. The predicted molar refractivity (Wildman–Crippen MR) is 110 cm³/mol. The second-order valence-electron chi connectivity index (χ2n) is 8.70. The third-order valence-electron chi connectivity index (χ3n) is 3.49. The fraction of sp³-hybridized carbons (Fsp3) is 0.524. The quantitative estimate of drug-likeness (QED) is 0.422. The molecule has 1 rings (SSSR count). The van der Waals surface area contributed by atoms with Crippen LogP contribution in [0.2, 0.25) is 0 Å². The van der Waals surface area contributed by atoms with Crippen LogP contribution in [0.15, 0.2) is 24.3 Å². The number of carbonyl (C=O) groups is 2. The number of hydrogen-bond donors (Lipinski definition) is 1. The topological polar surface area (TPSA) is 108 Å². The van der Waals surface area contributed by atoms with Crippen LogP contribution in [0.3, 0.4) is 0 Å². The van der Waals surface area contributed by atoms with Crippen molar-refractivity contribution in [3.8, 4) is 0 Å². The van der Waals surface area contributed by atoms with E-state index in [1.54, 1.807) is 59.8 Å². The maximum Gasteiger partial charge on any atom is 0.408 e. The highest BCUT2D eigenvalue weighted by molar-refractivity contribution is 5.74. The van der Waals surface area contributed by atoms with Crippen LogP contribution < -0.4 is 5.32 Å². The maximum atomic E-state index is 12.2. The smallest absolute Gasteiger partial charge is 0.408 e. The molecule has 0 radical (unpaired) electrons. The molecule has 8 heteroatoms. The Morgan fingerprint density at radius 1 is 1.14 bits per heavy atom. The Bertz CT molecular complexity index is 757. The van der Waals surface area contributed by atoms with Gasteiger partial charge < -0.3 is 14.8 Å². The first kappa shape index (κ1) is 24.1. The van der Waals surface area contributed by atoms with Crippen molar-refractivity contribution >= 4 is 23.8 Å². The van der Waals surface area contributed by atoms with Gasteiger partial charge in [0.15, 0.2) is 0 Å². The summed E-state index contributed by atoms with van der Waals surface area (Å²) in [5, 5.41) is 13.6.